The SMILES string of the molecule is O=C([C@@H]1C[C@H](N2CCN(c3nc(-c4ccccc4)cs3)CC2)CN1)N1CCSC1. The summed E-state index contributed by atoms with van der Waals surface area (Å²) in [5, 5.41) is 6.75. The largest absolute Gasteiger partial charge is 0.346 e. The summed E-state index contributed by atoms with van der Waals surface area (Å²) < 4.78 is 0. The Kier molecular flexibility index (Phi) is 5.76. The minimum Gasteiger partial charge on any atom is -0.346 e. The van der Waals surface area contributed by atoms with Crippen molar-refractivity contribution in [3.05, 3.63) is 35.7 Å². The van der Waals surface area contributed by atoms with Crippen LogP contribution >= 0.6 is 23.1 Å². The molecule has 1 aromatic heterocycles. The molecule has 1 N–H and O–H groups in total. The van der Waals surface area contributed by atoms with Crippen molar-refractivity contribution in [2.75, 3.05) is 55.8 Å². The van der Waals surface area contributed by atoms with E-state index in [9.17, 15) is 4.79 Å². The van der Waals surface area contributed by atoms with E-state index in [4.69, 9.17) is 4.98 Å². The monoisotopic (exact) mass is 429 g/mol. The van der Waals surface area contributed by atoms with Gasteiger partial charge in [0.05, 0.1) is 17.6 Å². The molecule has 3 aliphatic rings. The van der Waals surface area contributed by atoms with Crippen LogP contribution in [0.5, 0.6) is 0 Å². The van der Waals surface area contributed by atoms with Crippen LogP contribution < -0.4 is 10.2 Å². The molecule has 0 radical (unpaired) electrons. The van der Waals surface area contributed by atoms with Crippen molar-refractivity contribution in [2.45, 2.75) is 18.5 Å². The summed E-state index contributed by atoms with van der Waals surface area (Å²) in [5.74, 6) is 2.23. The van der Waals surface area contributed by atoms with Crippen LogP contribution in [-0.4, -0.2) is 83.7 Å². The smallest absolute Gasteiger partial charge is 0.240 e. The number of carbonyl (C=O) groups excluding carboxylic acids is 1. The van der Waals surface area contributed by atoms with Crippen molar-refractivity contribution < 1.29 is 4.79 Å². The van der Waals surface area contributed by atoms with Crippen molar-refractivity contribution in [1.82, 2.24) is 20.1 Å². The first-order valence-corrected chi connectivity index (χ1v) is 12.4. The first-order chi connectivity index (χ1) is 14.3. The Morgan fingerprint density at radius 3 is 2.69 bits per heavy atom. The molecule has 1 amide bonds. The van der Waals surface area contributed by atoms with Crippen LogP contribution in [0.15, 0.2) is 35.7 Å². The first-order valence-electron chi connectivity index (χ1n) is 10.4. The number of piperazine rings is 1. The summed E-state index contributed by atoms with van der Waals surface area (Å²) in [6, 6.07) is 10.9. The Bertz CT molecular complexity index is 831. The van der Waals surface area contributed by atoms with Gasteiger partial charge in [-0.1, -0.05) is 30.3 Å². The molecule has 3 aliphatic heterocycles. The molecule has 1 aromatic carbocycles. The standard InChI is InChI=1S/C21H27N5OS2/c27-20(26-10-11-28-15-26)18-12-17(13-22-18)24-6-8-25(9-7-24)21-23-19(14-29-21)16-4-2-1-3-5-16/h1-5,14,17-18,22H,6-13,15H2/t17-,18-/m0/s1. The minimum atomic E-state index is 0.00382. The highest BCUT2D eigenvalue weighted by atomic mass is 32.2. The number of anilines is 1. The van der Waals surface area contributed by atoms with Gasteiger partial charge in [-0.2, -0.15) is 0 Å². The molecule has 2 aromatic rings. The van der Waals surface area contributed by atoms with Gasteiger partial charge in [0.2, 0.25) is 5.91 Å². The fourth-order valence-corrected chi connectivity index (χ4v) is 6.26. The van der Waals surface area contributed by atoms with Crippen LogP contribution in [0.4, 0.5) is 5.13 Å². The number of aromatic nitrogens is 1. The number of thiazole rings is 1. The number of nitrogens with zero attached hydrogens (tertiary/aromatic N) is 4. The van der Waals surface area contributed by atoms with E-state index in [2.05, 4.69) is 44.8 Å². The molecule has 3 fully saturated rings. The molecule has 6 nitrogen and oxygen atoms in total. The van der Waals surface area contributed by atoms with Crippen LogP contribution in [0.3, 0.4) is 0 Å². The molecule has 3 saturated heterocycles. The van der Waals surface area contributed by atoms with Crippen molar-refractivity contribution in [2.24, 2.45) is 0 Å². The van der Waals surface area contributed by atoms with Gasteiger partial charge in [-0.15, -0.1) is 23.1 Å². The average Bonchev–Trinajstić information content (AvgIpc) is 3.56. The fraction of sp³-hybridized carbons (Fsp3) is 0.524. The van der Waals surface area contributed by atoms with E-state index in [1.165, 1.54) is 5.56 Å². The topological polar surface area (TPSA) is 51.7 Å². The quantitative estimate of drug-likeness (QED) is 0.804. The third-order valence-electron chi connectivity index (χ3n) is 6.13. The van der Waals surface area contributed by atoms with E-state index >= 15 is 0 Å². The molecule has 154 valence electrons. The van der Waals surface area contributed by atoms with Gasteiger partial charge in [0.1, 0.15) is 0 Å². The number of amides is 1. The Hall–Kier alpha value is -1.61. The lowest BCUT2D eigenvalue weighted by Gasteiger charge is -2.37. The second-order valence-corrected chi connectivity index (χ2v) is 9.80. The lowest BCUT2D eigenvalue weighted by Crippen LogP contribution is -2.51. The number of nitrogens with one attached hydrogen (secondary N) is 1. The Balaban J connectivity index is 1.14. The zero-order chi connectivity index (χ0) is 19.6. The van der Waals surface area contributed by atoms with Gasteiger partial charge < -0.3 is 15.1 Å². The Morgan fingerprint density at radius 2 is 1.93 bits per heavy atom. The molecule has 5 rings (SSSR count). The second kappa shape index (κ2) is 8.63. The summed E-state index contributed by atoms with van der Waals surface area (Å²) in [6.45, 7) is 5.90. The van der Waals surface area contributed by atoms with Gasteiger partial charge in [0.15, 0.2) is 5.13 Å². The molecule has 0 bridgehead atoms. The minimum absolute atomic E-state index is 0.00382. The molecule has 0 spiro atoms. The second-order valence-electron chi connectivity index (χ2n) is 7.89. The number of hydrogen-bond donors (Lipinski definition) is 1. The van der Waals surface area contributed by atoms with Gasteiger partial charge >= 0.3 is 0 Å². The van der Waals surface area contributed by atoms with Crippen LogP contribution in [0, 0.1) is 0 Å². The molecule has 8 heteroatoms. The molecule has 4 heterocycles. The van der Waals surface area contributed by atoms with E-state index < -0.39 is 0 Å². The van der Waals surface area contributed by atoms with E-state index in [0.29, 0.717) is 11.9 Å². The van der Waals surface area contributed by atoms with Crippen molar-refractivity contribution in [1.29, 1.82) is 0 Å². The molecular formula is C21H27N5OS2. The van der Waals surface area contributed by atoms with Crippen LogP contribution in [0.25, 0.3) is 11.3 Å². The summed E-state index contributed by atoms with van der Waals surface area (Å²) in [4.78, 5) is 24.5. The molecule has 0 saturated carbocycles. The highest BCUT2D eigenvalue weighted by Crippen LogP contribution is 2.28. The van der Waals surface area contributed by atoms with Crippen molar-refractivity contribution in [3.8, 4) is 11.3 Å². The number of carbonyl (C=O) groups is 1. The van der Waals surface area contributed by atoms with Crippen LogP contribution in [-0.2, 0) is 4.79 Å². The van der Waals surface area contributed by atoms with E-state index in [0.717, 1.165) is 68.1 Å². The number of rotatable bonds is 4. The van der Waals surface area contributed by atoms with Crippen LogP contribution in [0.2, 0.25) is 0 Å². The highest BCUT2D eigenvalue weighted by molar-refractivity contribution is 7.99. The molecule has 2 atom stereocenters. The van der Waals surface area contributed by atoms with Crippen molar-refractivity contribution in [3.63, 3.8) is 0 Å². The van der Waals surface area contributed by atoms with E-state index in [1.807, 2.05) is 22.7 Å². The lowest BCUT2D eigenvalue weighted by molar-refractivity contribution is -0.131. The number of thioether (sulfide) groups is 1. The average molecular weight is 430 g/mol. The molecule has 0 aliphatic carbocycles. The molecule has 29 heavy (non-hydrogen) atoms. The number of hydrogen-bond acceptors (Lipinski definition) is 7. The lowest BCUT2D eigenvalue weighted by atomic mass is 10.1. The normalized spacial score (nSPS) is 25.7. The van der Waals surface area contributed by atoms with E-state index in [1.54, 1.807) is 11.3 Å². The zero-order valence-corrected chi connectivity index (χ0v) is 18.1. The highest BCUT2D eigenvalue weighted by Gasteiger charge is 2.36. The Morgan fingerprint density at radius 1 is 1.10 bits per heavy atom. The summed E-state index contributed by atoms with van der Waals surface area (Å²) >= 11 is 3.59. The van der Waals surface area contributed by atoms with Gasteiger partial charge in [-0.3, -0.25) is 9.69 Å². The van der Waals surface area contributed by atoms with Gasteiger partial charge in [-0.05, 0) is 6.42 Å². The predicted octanol–water partition coefficient (Wildman–Crippen LogP) is 2.20. The summed E-state index contributed by atoms with van der Waals surface area (Å²) in [5.41, 5.74) is 2.24. The third-order valence-corrected chi connectivity index (χ3v) is 8.00. The fourth-order valence-electron chi connectivity index (χ4n) is 4.42. The van der Waals surface area contributed by atoms with Crippen molar-refractivity contribution >= 4 is 34.1 Å². The maximum Gasteiger partial charge on any atom is 0.240 e. The first kappa shape index (κ1) is 19.4. The molecular weight excluding hydrogens is 402 g/mol. The Labute approximate surface area is 180 Å². The maximum atomic E-state index is 12.6. The maximum absolute atomic E-state index is 12.6. The zero-order valence-electron chi connectivity index (χ0n) is 16.5. The van der Waals surface area contributed by atoms with Crippen LogP contribution in [0.1, 0.15) is 6.42 Å². The number of benzene rings is 1. The van der Waals surface area contributed by atoms with Gasteiger partial charge in [0.25, 0.3) is 0 Å². The van der Waals surface area contributed by atoms with Gasteiger partial charge in [0, 0.05) is 62.0 Å². The summed E-state index contributed by atoms with van der Waals surface area (Å²) in [7, 11) is 0. The molecule has 0 unspecified atom stereocenters. The summed E-state index contributed by atoms with van der Waals surface area (Å²) in [6.07, 6.45) is 0.940. The predicted molar refractivity (Wildman–Crippen MR) is 121 cm³/mol. The van der Waals surface area contributed by atoms with E-state index in [-0.39, 0.29) is 6.04 Å². The third kappa shape index (κ3) is 4.17. The van der Waals surface area contributed by atoms with Gasteiger partial charge in [-0.25, -0.2) is 4.98 Å².